The molecule has 0 saturated heterocycles. The molecule has 0 N–H and O–H groups in total. The fraction of sp³-hybridized carbons (Fsp3) is 0.344. The van der Waals surface area contributed by atoms with Crippen LogP contribution in [0, 0.1) is 0 Å². The van der Waals surface area contributed by atoms with Gasteiger partial charge in [-0.2, -0.15) is 0 Å². The Labute approximate surface area is 223 Å². The van der Waals surface area contributed by atoms with Crippen molar-refractivity contribution in [2.45, 2.75) is 63.6 Å². The van der Waals surface area contributed by atoms with E-state index in [0.29, 0.717) is 5.76 Å². The van der Waals surface area contributed by atoms with Crippen LogP contribution in [0.5, 0.6) is 0 Å². The third kappa shape index (κ3) is 6.29. The van der Waals surface area contributed by atoms with E-state index in [1.165, 1.54) is 6.08 Å². The van der Waals surface area contributed by atoms with Gasteiger partial charge >= 0.3 is 0 Å². The van der Waals surface area contributed by atoms with Crippen molar-refractivity contribution in [1.82, 2.24) is 0 Å². The van der Waals surface area contributed by atoms with Crippen molar-refractivity contribution in [2.24, 2.45) is 0 Å². The van der Waals surface area contributed by atoms with Crippen molar-refractivity contribution in [3.8, 4) is 0 Å². The zero-order chi connectivity index (χ0) is 26.7. The lowest BCUT2D eigenvalue weighted by molar-refractivity contribution is -0.105. The smallest absolute Gasteiger partial charge is 0.193 e. The third-order valence-corrected chi connectivity index (χ3v) is 12.0. The number of hydrogen-bond acceptors (Lipinski definition) is 4. The topological polar surface area (TPSA) is 44.8 Å². The van der Waals surface area contributed by atoms with E-state index in [2.05, 4.69) is 57.2 Å². The number of aldehydes is 1. The summed E-state index contributed by atoms with van der Waals surface area (Å²) in [6, 6.07) is 33.8. The predicted molar refractivity (Wildman–Crippen MR) is 153 cm³/mol. The average Bonchev–Trinajstić information content (AvgIpc) is 2.97. The van der Waals surface area contributed by atoms with Crippen molar-refractivity contribution in [1.29, 1.82) is 0 Å². The zero-order valence-electron chi connectivity index (χ0n) is 22.7. The number of carbonyl (C=O) groups excluding carboxylic acids is 1. The standard InChI is InChI=1S/C32H40O4Si/c1-6-37(7-2,8-3)36-31(30(34-5)24-25-33)26(4)35-32(27-18-12-9-13-19-27,28-20-14-10-15-21-28)29-22-16-11-17-23-29/h9-26,31H,6-8H2,1-5H3/b30-24-/t26-,31+/m0/s1. The van der Waals surface area contributed by atoms with Crippen LogP contribution in [0.25, 0.3) is 0 Å². The molecule has 3 rings (SSSR count). The maximum atomic E-state index is 11.6. The van der Waals surface area contributed by atoms with E-state index >= 15 is 0 Å². The van der Waals surface area contributed by atoms with Gasteiger partial charge in [-0.3, -0.25) is 4.79 Å². The molecule has 2 atom stereocenters. The lowest BCUT2D eigenvalue weighted by atomic mass is 9.79. The Bertz CT molecular complexity index is 1010. The molecule has 0 spiro atoms. The summed E-state index contributed by atoms with van der Waals surface area (Å²) in [5.74, 6) is 0.484. The van der Waals surface area contributed by atoms with Crippen LogP contribution in [0.2, 0.25) is 18.1 Å². The van der Waals surface area contributed by atoms with Gasteiger partial charge in [-0.05, 0) is 41.7 Å². The van der Waals surface area contributed by atoms with Gasteiger partial charge in [-0.25, -0.2) is 0 Å². The molecule has 196 valence electrons. The van der Waals surface area contributed by atoms with E-state index in [-0.39, 0.29) is 0 Å². The van der Waals surface area contributed by atoms with Crippen molar-refractivity contribution in [3.63, 3.8) is 0 Å². The summed E-state index contributed by atoms with van der Waals surface area (Å²) in [6.07, 6.45) is 1.24. The van der Waals surface area contributed by atoms with Crippen molar-refractivity contribution in [3.05, 3.63) is 120 Å². The molecule has 0 fully saturated rings. The molecule has 0 amide bonds. The molecule has 0 heterocycles. The van der Waals surface area contributed by atoms with Crippen molar-refractivity contribution < 1.29 is 18.7 Å². The molecule has 0 bridgehead atoms. The van der Waals surface area contributed by atoms with E-state index < -0.39 is 26.1 Å². The third-order valence-electron chi connectivity index (χ3n) is 7.39. The van der Waals surface area contributed by atoms with Gasteiger partial charge in [0.05, 0.1) is 13.2 Å². The minimum Gasteiger partial charge on any atom is -0.498 e. The Morgan fingerprint density at radius 3 is 1.51 bits per heavy atom. The Balaban J connectivity index is 2.22. The van der Waals surface area contributed by atoms with Gasteiger partial charge < -0.3 is 13.9 Å². The lowest BCUT2D eigenvalue weighted by Crippen LogP contribution is -2.48. The number of methoxy groups -OCH3 is 1. The van der Waals surface area contributed by atoms with Crippen LogP contribution < -0.4 is 0 Å². The molecule has 0 saturated carbocycles. The largest absolute Gasteiger partial charge is 0.498 e. The Kier molecular flexibility index (Phi) is 10.4. The number of rotatable bonds is 14. The quantitative estimate of drug-likeness (QED) is 0.0731. The van der Waals surface area contributed by atoms with Crippen LogP contribution in [-0.4, -0.2) is 33.9 Å². The molecule has 5 heteroatoms. The van der Waals surface area contributed by atoms with Gasteiger partial charge in [-0.15, -0.1) is 0 Å². The minimum absolute atomic E-state index is 0.441. The number of hydrogen-bond donors (Lipinski definition) is 0. The highest BCUT2D eigenvalue weighted by atomic mass is 28.4. The number of benzene rings is 3. The van der Waals surface area contributed by atoms with Gasteiger partial charge in [0.2, 0.25) is 0 Å². The van der Waals surface area contributed by atoms with E-state index in [1.54, 1.807) is 7.11 Å². The molecule has 37 heavy (non-hydrogen) atoms. The molecule has 0 radical (unpaired) electrons. The summed E-state index contributed by atoms with van der Waals surface area (Å²) < 4.78 is 19.9. The molecular weight excluding hydrogens is 476 g/mol. The SMILES string of the molecule is CC[Si](CC)(CC)O[C@@H](/C(=C/C=O)OC)[C@H](C)OC(c1ccccc1)(c1ccccc1)c1ccccc1. The normalized spacial score (nSPS) is 14.1. The molecule has 0 aliphatic rings. The first kappa shape index (κ1) is 28.6. The molecule has 0 aliphatic carbocycles. The second-order valence-corrected chi connectivity index (χ2v) is 14.0. The molecule has 0 unspecified atom stereocenters. The maximum Gasteiger partial charge on any atom is 0.193 e. The highest BCUT2D eigenvalue weighted by molar-refractivity contribution is 6.73. The highest BCUT2D eigenvalue weighted by Gasteiger charge is 2.43. The zero-order valence-corrected chi connectivity index (χ0v) is 23.7. The molecule has 3 aromatic carbocycles. The van der Waals surface area contributed by atoms with Crippen LogP contribution in [0.4, 0.5) is 0 Å². The van der Waals surface area contributed by atoms with Gasteiger partial charge in [0.25, 0.3) is 0 Å². The highest BCUT2D eigenvalue weighted by Crippen LogP contribution is 2.42. The van der Waals surface area contributed by atoms with Crippen LogP contribution in [0.15, 0.2) is 103 Å². The molecule has 0 aliphatic heterocycles. The summed E-state index contributed by atoms with van der Waals surface area (Å²) in [5.41, 5.74) is 2.14. The Morgan fingerprint density at radius 1 is 0.784 bits per heavy atom. The number of allylic oxidation sites excluding steroid dienone is 1. The molecule has 0 aromatic heterocycles. The van der Waals surface area contributed by atoms with Crippen LogP contribution >= 0.6 is 0 Å². The van der Waals surface area contributed by atoms with Crippen molar-refractivity contribution >= 4 is 14.6 Å². The van der Waals surface area contributed by atoms with E-state index in [9.17, 15) is 4.79 Å². The van der Waals surface area contributed by atoms with Crippen molar-refractivity contribution in [2.75, 3.05) is 7.11 Å². The average molecular weight is 517 g/mol. The Morgan fingerprint density at radius 2 is 1.19 bits per heavy atom. The van der Waals surface area contributed by atoms with Gasteiger partial charge in [0, 0.05) is 6.08 Å². The minimum atomic E-state index is -2.08. The second kappa shape index (κ2) is 13.5. The lowest BCUT2D eigenvalue weighted by Gasteiger charge is -2.42. The van der Waals surface area contributed by atoms with E-state index in [0.717, 1.165) is 41.1 Å². The first-order valence-electron chi connectivity index (χ1n) is 13.2. The fourth-order valence-electron chi connectivity index (χ4n) is 5.06. The fourth-order valence-corrected chi connectivity index (χ4v) is 7.91. The Hall–Kier alpha value is -2.99. The summed E-state index contributed by atoms with van der Waals surface area (Å²) in [4.78, 5) is 11.6. The van der Waals surface area contributed by atoms with E-state index in [4.69, 9.17) is 13.9 Å². The number of carbonyl (C=O) groups is 1. The monoisotopic (exact) mass is 516 g/mol. The van der Waals surface area contributed by atoms with Crippen LogP contribution in [-0.2, 0) is 24.3 Å². The van der Waals surface area contributed by atoms with Gasteiger partial charge in [0.1, 0.15) is 23.8 Å². The predicted octanol–water partition coefficient (Wildman–Crippen LogP) is 7.50. The second-order valence-electron chi connectivity index (χ2n) is 9.29. The summed E-state index contributed by atoms with van der Waals surface area (Å²) in [6.45, 7) is 8.60. The van der Waals surface area contributed by atoms with Gasteiger partial charge in [0.15, 0.2) is 8.32 Å². The van der Waals surface area contributed by atoms with Gasteiger partial charge in [-0.1, -0.05) is 112 Å². The first-order chi connectivity index (χ1) is 18.0. The number of ether oxygens (including phenoxy) is 2. The molecule has 4 nitrogen and oxygen atoms in total. The summed E-state index contributed by atoms with van der Waals surface area (Å²) in [7, 11) is -0.494. The maximum absolute atomic E-state index is 11.6. The molecule has 3 aromatic rings. The summed E-state index contributed by atoms with van der Waals surface area (Å²) >= 11 is 0. The van der Waals surface area contributed by atoms with E-state index in [1.807, 2.05) is 61.5 Å². The molecular formula is C32H40O4Si. The first-order valence-corrected chi connectivity index (χ1v) is 15.7. The van der Waals surface area contributed by atoms with Crippen LogP contribution in [0.3, 0.4) is 0 Å². The van der Waals surface area contributed by atoms with Crippen LogP contribution in [0.1, 0.15) is 44.4 Å². The summed E-state index contributed by atoms with van der Waals surface area (Å²) in [5, 5.41) is 0.